The highest BCUT2D eigenvalue weighted by molar-refractivity contribution is 6.33. The van der Waals surface area contributed by atoms with Gasteiger partial charge >= 0.3 is 0 Å². The molecule has 0 radical (unpaired) electrons. The first kappa shape index (κ1) is 14.3. The molecule has 0 spiro atoms. The van der Waals surface area contributed by atoms with E-state index in [2.05, 4.69) is 25.6 Å². The largest absolute Gasteiger partial charge is 0.345 e. The number of carbonyl (C=O) groups excluding carboxylic acids is 1. The smallest absolute Gasteiger partial charge is 0.253 e. The Labute approximate surface area is 131 Å². The van der Waals surface area contributed by atoms with Gasteiger partial charge in [-0.05, 0) is 31.2 Å². The number of benzene rings is 1. The fourth-order valence-corrected chi connectivity index (χ4v) is 2.18. The zero-order valence-electron chi connectivity index (χ0n) is 11.7. The van der Waals surface area contributed by atoms with Gasteiger partial charge in [-0.1, -0.05) is 11.6 Å². The summed E-state index contributed by atoms with van der Waals surface area (Å²) in [6, 6.07) is 6.96. The molecule has 3 rings (SSSR count). The fraction of sp³-hybridized carbons (Fsp3) is 0.143. The molecule has 0 aliphatic carbocycles. The molecule has 3 aromatic rings. The highest BCUT2D eigenvalue weighted by atomic mass is 35.5. The van der Waals surface area contributed by atoms with Gasteiger partial charge in [-0.2, -0.15) is 10.2 Å². The van der Waals surface area contributed by atoms with Gasteiger partial charge < -0.3 is 5.32 Å². The summed E-state index contributed by atoms with van der Waals surface area (Å²) in [6.07, 6.45) is 3.46. The van der Waals surface area contributed by atoms with Crippen LogP contribution >= 0.6 is 11.6 Å². The summed E-state index contributed by atoms with van der Waals surface area (Å²) in [4.78, 5) is 16.4. The molecule has 2 N–H and O–H groups in total. The summed E-state index contributed by atoms with van der Waals surface area (Å²) in [5, 5.41) is 13.9. The van der Waals surface area contributed by atoms with Crippen LogP contribution in [0.2, 0.25) is 5.02 Å². The minimum Gasteiger partial charge on any atom is -0.345 e. The molecule has 0 fully saturated rings. The molecule has 0 bridgehead atoms. The second-order valence-corrected chi connectivity index (χ2v) is 5.04. The number of H-pyrrole nitrogens is 1. The van der Waals surface area contributed by atoms with Gasteiger partial charge in [0, 0.05) is 12.4 Å². The normalized spacial score (nSPS) is 10.6. The van der Waals surface area contributed by atoms with Crippen LogP contribution in [0.1, 0.15) is 22.0 Å². The SMILES string of the molecule is Cc1nc(CNC(=O)c2cc(-n3cccn3)ccc2Cl)n[nH]1. The molecule has 2 aromatic heterocycles. The van der Waals surface area contributed by atoms with Crippen LogP contribution < -0.4 is 5.32 Å². The summed E-state index contributed by atoms with van der Waals surface area (Å²) in [6.45, 7) is 2.02. The Morgan fingerprint density at radius 2 is 2.32 bits per heavy atom. The van der Waals surface area contributed by atoms with E-state index in [0.29, 0.717) is 22.2 Å². The zero-order valence-corrected chi connectivity index (χ0v) is 12.5. The van der Waals surface area contributed by atoms with Crippen LogP contribution in [-0.4, -0.2) is 30.9 Å². The summed E-state index contributed by atoms with van der Waals surface area (Å²) < 4.78 is 1.66. The van der Waals surface area contributed by atoms with Crippen LogP contribution in [0.15, 0.2) is 36.7 Å². The lowest BCUT2D eigenvalue weighted by molar-refractivity contribution is 0.0950. The van der Waals surface area contributed by atoms with Crippen LogP contribution in [0.4, 0.5) is 0 Å². The maximum Gasteiger partial charge on any atom is 0.253 e. The van der Waals surface area contributed by atoms with E-state index in [9.17, 15) is 4.79 Å². The molecule has 22 heavy (non-hydrogen) atoms. The molecule has 0 aliphatic rings. The summed E-state index contributed by atoms with van der Waals surface area (Å²) in [7, 11) is 0. The third kappa shape index (κ3) is 2.99. The van der Waals surface area contributed by atoms with E-state index in [4.69, 9.17) is 11.6 Å². The number of rotatable bonds is 4. The average Bonchev–Trinajstić information content (AvgIpc) is 3.17. The van der Waals surface area contributed by atoms with E-state index in [1.54, 1.807) is 48.3 Å². The van der Waals surface area contributed by atoms with E-state index in [1.165, 1.54) is 0 Å². The van der Waals surface area contributed by atoms with Crippen LogP contribution in [-0.2, 0) is 6.54 Å². The van der Waals surface area contributed by atoms with Crippen molar-refractivity contribution in [2.75, 3.05) is 0 Å². The predicted octanol–water partition coefficient (Wildman–Crippen LogP) is 1.88. The van der Waals surface area contributed by atoms with Crippen molar-refractivity contribution in [3.63, 3.8) is 0 Å². The Kier molecular flexibility index (Phi) is 3.88. The molecule has 0 aliphatic heterocycles. The van der Waals surface area contributed by atoms with E-state index in [-0.39, 0.29) is 12.5 Å². The van der Waals surface area contributed by atoms with Crippen LogP contribution in [0, 0.1) is 6.92 Å². The van der Waals surface area contributed by atoms with E-state index in [0.717, 1.165) is 5.69 Å². The standard InChI is InChI=1S/C14H13ClN6O/c1-9-18-13(20-19-9)8-16-14(22)11-7-10(3-4-12(11)15)21-6-2-5-17-21/h2-7H,8H2,1H3,(H,16,22)(H,18,19,20). The minimum atomic E-state index is -0.290. The maximum atomic E-state index is 12.3. The third-order valence-corrected chi connectivity index (χ3v) is 3.34. The first-order valence-electron chi connectivity index (χ1n) is 6.59. The molecule has 0 atom stereocenters. The number of nitrogens with one attached hydrogen (secondary N) is 2. The lowest BCUT2D eigenvalue weighted by Crippen LogP contribution is -2.24. The number of halogens is 1. The molecule has 0 saturated carbocycles. The Hall–Kier alpha value is -2.67. The van der Waals surface area contributed by atoms with Crippen molar-refractivity contribution in [3.8, 4) is 5.69 Å². The van der Waals surface area contributed by atoms with Crippen molar-refractivity contribution in [2.45, 2.75) is 13.5 Å². The molecule has 112 valence electrons. The minimum absolute atomic E-state index is 0.228. The second-order valence-electron chi connectivity index (χ2n) is 4.63. The van der Waals surface area contributed by atoms with Crippen molar-refractivity contribution in [3.05, 3.63) is 58.9 Å². The van der Waals surface area contributed by atoms with Gasteiger partial charge in [-0.25, -0.2) is 9.67 Å². The van der Waals surface area contributed by atoms with Crippen molar-refractivity contribution in [1.82, 2.24) is 30.3 Å². The van der Waals surface area contributed by atoms with Crippen molar-refractivity contribution in [2.24, 2.45) is 0 Å². The van der Waals surface area contributed by atoms with E-state index in [1.807, 2.05) is 0 Å². The average molecular weight is 317 g/mol. The number of carbonyl (C=O) groups is 1. The molecule has 7 nitrogen and oxygen atoms in total. The maximum absolute atomic E-state index is 12.3. The van der Waals surface area contributed by atoms with Crippen molar-refractivity contribution >= 4 is 17.5 Å². The molecule has 1 aromatic carbocycles. The first-order chi connectivity index (χ1) is 10.6. The Balaban J connectivity index is 1.78. The summed E-state index contributed by atoms with van der Waals surface area (Å²) in [5.41, 5.74) is 1.13. The molecule has 8 heteroatoms. The van der Waals surface area contributed by atoms with Gasteiger partial charge in [-0.3, -0.25) is 9.89 Å². The van der Waals surface area contributed by atoms with Gasteiger partial charge in [0.2, 0.25) is 0 Å². The van der Waals surface area contributed by atoms with Crippen LogP contribution in [0.3, 0.4) is 0 Å². The molecule has 2 heterocycles. The highest BCUT2D eigenvalue weighted by Gasteiger charge is 2.13. The quantitative estimate of drug-likeness (QED) is 0.769. The topological polar surface area (TPSA) is 88.5 Å². The van der Waals surface area contributed by atoms with Crippen LogP contribution in [0.25, 0.3) is 5.69 Å². The Bertz CT molecular complexity index is 796. The van der Waals surface area contributed by atoms with Crippen molar-refractivity contribution in [1.29, 1.82) is 0 Å². The lowest BCUT2D eigenvalue weighted by Gasteiger charge is -2.08. The molecule has 0 saturated heterocycles. The Morgan fingerprint density at radius 3 is 3.00 bits per heavy atom. The first-order valence-corrected chi connectivity index (χ1v) is 6.97. The number of nitrogens with zero attached hydrogens (tertiary/aromatic N) is 4. The summed E-state index contributed by atoms with van der Waals surface area (Å²) in [5.74, 6) is 0.926. The fourth-order valence-electron chi connectivity index (χ4n) is 1.97. The van der Waals surface area contributed by atoms with Gasteiger partial charge in [0.1, 0.15) is 5.82 Å². The Morgan fingerprint density at radius 1 is 1.45 bits per heavy atom. The number of aromatic amines is 1. The molecule has 1 amide bonds. The zero-order chi connectivity index (χ0) is 15.5. The number of hydrogen-bond acceptors (Lipinski definition) is 4. The van der Waals surface area contributed by atoms with Gasteiger partial charge in [0.15, 0.2) is 5.82 Å². The van der Waals surface area contributed by atoms with Crippen LogP contribution in [0.5, 0.6) is 0 Å². The predicted molar refractivity (Wildman–Crippen MR) is 80.9 cm³/mol. The van der Waals surface area contributed by atoms with E-state index < -0.39 is 0 Å². The monoisotopic (exact) mass is 316 g/mol. The third-order valence-electron chi connectivity index (χ3n) is 3.01. The number of amides is 1. The van der Waals surface area contributed by atoms with Crippen molar-refractivity contribution < 1.29 is 4.79 Å². The summed E-state index contributed by atoms with van der Waals surface area (Å²) >= 11 is 6.11. The molecule has 0 unspecified atom stereocenters. The van der Waals surface area contributed by atoms with Gasteiger partial charge in [0.05, 0.1) is 22.8 Å². The van der Waals surface area contributed by atoms with E-state index >= 15 is 0 Å². The molecular weight excluding hydrogens is 304 g/mol. The number of aromatic nitrogens is 5. The number of aryl methyl sites for hydroxylation is 1. The lowest BCUT2D eigenvalue weighted by atomic mass is 10.2. The van der Waals surface area contributed by atoms with Gasteiger partial charge in [0.25, 0.3) is 5.91 Å². The number of hydrogen-bond donors (Lipinski definition) is 2. The molecular formula is C14H13ClN6O. The highest BCUT2D eigenvalue weighted by Crippen LogP contribution is 2.19. The second kappa shape index (κ2) is 5.98. The van der Waals surface area contributed by atoms with Gasteiger partial charge in [-0.15, -0.1) is 0 Å².